The molecule has 1 aliphatic rings. The lowest BCUT2D eigenvalue weighted by Gasteiger charge is -2.29. The molecule has 4 amide bonds. The summed E-state index contributed by atoms with van der Waals surface area (Å²) in [6.45, 7) is 10.2. The SMILES string of the molecule is CC(C)[C@H](C)C(=O)NC(=O)[C@H](O)[C@H](O)[C@@H](O)[C@@H](Oc1ccc(C2=C(O)C(=O)CCC2)cc1)C(=O)NC(=O)[C@@H](C)C(C)C. The summed E-state index contributed by atoms with van der Waals surface area (Å²) in [5.41, 5.74) is 0.981. The van der Waals surface area contributed by atoms with Gasteiger partial charge in [0.1, 0.15) is 18.0 Å². The zero-order valence-electron chi connectivity index (χ0n) is 24.8. The maximum Gasteiger partial charge on any atom is 0.270 e. The van der Waals surface area contributed by atoms with Gasteiger partial charge in [-0.3, -0.25) is 34.6 Å². The first-order chi connectivity index (χ1) is 19.6. The maximum atomic E-state index is 13.1. The summed E-state index contributed by atoms with van der Waals surface area (Å²) >= 11 is 0. The highest BCUT2D eigenvalue weighted by Crippen LogP contribution is 2.30. The van der Waals surface area contributed by atoms with Crippen LogP contribution in [0.25, 0.3) is 5.57 Å². The van der Waals surface area contributed by atoms with Crippen molar-refractivity contribution in [1.29, 1.82) is 0 Å². The highest BCUT2D eigenvalue weighted by Gasteiger charge is 2.41. The van der Waals surface area contributed by atoms with Gasteiger partial charge in [0, 0.05) is 23.8 Å². The van der Waals surface area contributed by atoms with Crippen molar-refractivity contribution in [3.8, 4) is 5.75 Å². The molecule has 0 bridgehead atoms. The van der Waals surface area contributed by atoms with Gasteiger partial charge in [0.2, 0.25) is 17.9 Å². The van der Waals surface area contributed by atoms with Crippen LogP contribution in [0.1, 0.15) is 66.4 Å². The van der Waals surface area contributed by atoms with E-state index >= 15 is 0 Å². The van der Waals surface area contributed by atoms with E-state index in [1.807, 2.05) is 5.32 Å². The van der Waals surface area contributed by atoms with Crippen molar-refractivity contribution in [2.75, 3.05) is 0 Å². The molecule has 42 heavy (non-hydrogen) atoms. The topological polar surface area (TPSA) is 200 Å². The van der Waals surface area contributed by atoms with Crippen LogP contribution < -0.4 is 15.4 Å². The number of hydrogen-bond donors (Lipinski definition) is 6. The second-order valence-corrected chi connectivity index (χ2v) is 11.4. The van der Waals surface area contributed by atoms with Crippen LogP contribution in [-0.2, 0) is 24.0 Å². The zero-order valence-corrected chi connectivity index (χ0v) is 24.8. The number of Topliss-reactive ketones (excluding diaryl/α,β-unsaturated/α-hetero) is 1. The molecule has 0 saturated heterocycles. The number of rotatable bonds is 12. The number of aliphatic hydroxyl groups is 4. The van der Waals surface area contributed by atoms with Crippen LogP contribution in [0.3, 0.4) is 0 Å². The zero-order chi connectivity index (χ0) is 31.9. The van der Waals surface area contributed by atoms with E-state index in [1.54, 1.807) is 41.5 Å². The molecule has 1 aliphatic carbocycles. The van der Waals surface area contributed by atoms with Crippen molar-refractivity contribution in [2.24, 2.45) is 23.7 Å². The number of amides is 4. The van der Waals surface area contributed by atoms with E-state index in [9.17, 15) is 44.4 Å². The molecule has 0 unspecified atom stereocenters. The minimum Gasteiger partial charge on any atom is -0.504 e. The first kappa shape index (κ1) is 34.6. The van der Waals surface area contributed by atoms with E-state index < -0.39 is 59.9 Å². The number of carbonyl (C=O) groups is 5. The summed E-state index contributed by atoms with van der Waals surface area (Å²) in [6.07, 6.45) is -7.54. The van der Waals surface area contributed by atoms with Gasteiger partial charge in [-0.2, -0.15) is 0 Å². The third kappa shape index (κ3) is 8.70. The van der Waals surface area contributed by atoms with Crippen molar-refractivity contribution < 1.29 is 49.1 Å². The number of aliphatic hydroxyl groups excluding tert-OH is 4. The largest absolute Gasteiger partial charge is 0.504 e. The third-order valence-corrected chi connectivity index (χ3v) is 7.68. The number of ether oxygens (including phenoxy) is 1. The summed E-state index contributed by atoms with van der Waals surface area (Å²) in [5.74, 6) is -5.93. The molecule has 0 aliphatic heterocycles. The lowest BCUT2D eigenvalue weighted by molar-refractivity contribution is -0.156. The molecule has 0 aromatic heterocycles. The number of imide groups is 2. The molecule has 0 radical (unpaired) electrons. The molecule has 0 spiro atoms. The molecule has 2 rings (SSSR count). The van der Waals surface area contributed by atoms with Crippen LogP contribution in [0.15, 0.2) is 30.0 Å². The van der Waals surface area contributed by atoms with Crippen molar-refractivity contribution in [2.45, 2.75) is 85.2 Å². The van der Waals surface area contributed by atoms with E-state index in [1.165, 1.54) is 24.3 Å². The van der Waals surface area contributed by atoms with Crippen LogP contribution in [0.5, 0.6) is 5.75 Å². The average Bonchev–Trinajstić information content (AvgIpc) is 2.95. The van der Waals surface area contributed by atoms with Crippen LogP contribution in [0.4, 0.5) is 0 Å². The minimum atomic E-state index is -2.33. The first-order valence-corrected chi connectivity index (χ1v) is 14.0. The number of benzene rings is 1. The molecule has 232 valence electrons. The van der Waals surface area contributed by atoms with Gasteiger partial charge in [-0.05, 0) is 42.4 Å². The highest BCUT2D eigenvalue weighted by atomic mass is 16.5. The number of allylic oxidation sites excluding steroid dienone is 2. The second-order valence-electron chi connectivity index (χ2n) is 11.4. The van der Waals surface area contributed by atoms with Gasteiger partial charge in [0.05, 0.1) is 0 Å². The van der Waals surface area contributed by atoms with E-state index in [2.05, 4.69) is 5.32 Å². The molecule has 1 aromatic carbocycles. The van der Waals surface area contributed by atoms with E-state index in [0.29, 0.717) is 24.0 Å². The Bertz CT molecular complexity index is 1190. The van der Waals surface area contributed by atoms with Crippen LogP contribution in [0, 0.1) is 23.7 Å². The average molecular weight is 591 g/mol. The van der Waals surface area contributed by atoms with Gasteiger partial charge in [-0.15, -0.1) is 0 Å². The first-order valence-electron chi connectivity index (χ1n) is 14.0. The Balaban J connectivity index is 2.30. The van der Waals surface area contributed by atoms with E-state index in [4.69, 9.17) is 4.74 Å². The fourth-order valence-corrected chi connectivity index (χ4v) is 4.01. The minimum absolute atomic E-state index is 0.00314. The van der Waals surface area contributed by atoms with Gasteiger partial charge in [0.25, 0.3) is 11.8 Å². The third-order valence-electron chi connectivity index (χ3n) is 7.68. The molecule has 12 heteroatoms. The van der Waals surface area contributed by atoms with Gasteiger partial charge in [-0.1, -0.05) is 53.7 Å². The molecule has 1 aromatic rings. The normalized spacial score (nSPS) is 18.1. The molecule has 0 heterocycles. The van der Waals surface area contributed by atoms with Crippen molar-refractivity contribution >= 4 is 35.0 Å². The molecule has 0 fully saturated rings. The molecule has 6 N–H and O–H groups in total. The number of ketones is 1. The van der Waals surface area contributed by atoms with Crippen molar-refractivity contribution in [3.63, 3.8) is 0 Å². The number of nitrogens with one attached hydrogen (secondary N) is 2. The van der Waals surface area contributed by atoms with E-state index in [-0.39, 0.29) is 35.5 Å². The lowest BCUT2D eigenvalue weighted by atomic mass is 9.91. The van der Waals surface area contributed by atoms with Gasteiger partial charge in [-0.25, -0.2) is 0 Å². The molecular weight excluding hydrogens is 548 g/mol. The fourth-order valence-electron chi connectivity index (χ4n) is 4.01. The smallest absolute Gasteiger partial charge is 0.270 e. The maximum absolute atomic E-state index is 13.1. The molecular formula is C30H42N2O10. The Morgan fingerprint density at radius 1 is 0.738 bits per heavy atom. The van der Waals surface area contributed by atoms with Crippen LogP contribution in [0.2, 0.25) is 0 Å². The quantitative estimate of drug-likeness (QED) is 0.207. The molecule has 0 saturated carbocycles. The van der Waals surface area contributed by atoms with Crippen LogP contribution >= 0.6 is 0 Å². The predicted octanol–water partition coefficient (Wildman–Crippen LogP) is 1.41. The van der Waals surface area contributed by atoms with Crippen molar-refractivity contribution in [3.05, 3.63) is 35.6 Å². The summed E-state index contributed by atoms with van der Waals surface area (Å²) in [5, 5.41) is 46.2. The van der Waals surface area contributed by atoms with E-state index in [0.717, 1.165) is 0 Å². The Morgan fingerprint density at radius 2 is 1.24 bits per heavy atom. The monoisotopic (exact) mass is 590 g/mol. The van der Waals surface area contributed by atoms with Gasteiger partial charge < -0.3 is 25.2 Å². The Kier molecular flexibility index (Phi) is 12.4. The Morgan fingerprint density at radius 3 is 1.74 bits per heavy atom. The number of carbonyl (C=O) groups excluding carboxylic acids is 5. The Hall–Kier alpha value is -3.61. The Labute approximate surface area is 245 Å². The predicted molar refractivity (Wildman–Crippen MR) is 152 cm³/mol. The summed E-state index contributed by atoms with van der Waals surface area (Å²) in [4.78, 5) is 62.3. The summed E-state index contributed by atoms with van der Waals surface area (Å²) in [6, 6.07) is 5.82. The fraction of sp³-hybridized carbons (Fsp3) is 0.567. The summed E-state index contributed by atoms with van der Waals surface area (Å²) in [7, 11) is 0. The van der Waals surface area contributed by atoms with Gasteiger partial charge >= 0.3 is 0 Å². The standard InChI is InChI=1S/C30H42N2O10/c1-14(2)16(5)27(38)31-29(40)25(37)23(35)24(36)26(30(41)32-28(39)17(6)15(3)4)42-19-12-10-18(11-13-19)20-8-7-9-21(33)22(20)34/h10-17,23-26,34-37H,7-9H2,1-6H3,(H,31,38,40)(H,32,39,41)/t16-,17-,23+,24+,25+,26+/m0/s1. The van der Waals surface area contributed by atoms with Crippen molar-refractivity contribution in [1.82, 2.24) is 10.6 Å². The highest BCUT2D eigenvalue weighted by molar-refractivity contribution is 6.02. The number of hydrogen-bond acceptors (Lipinski definition) is 10. The summed E-state index contributed by atoms with van der Waals surface area (Å²) < 4.78 is 5.64. The molecule has 6 atom stereocenters. The lowest BCUT2D eigenvalue weighted by Crippen LogP contribution is -2.58. The molecule has 12 nitrogen and oxygen atoms in total. The van der Waals surface area contributed by atoms with Crippen LogP contribution in [-0.4, -0.2) is 74.3 Å². The second kappa shape index (κ2) is 15.0. The van der Waals surface area contributed by atoms with Gasteiger partial charge in [0.15, 0.2) is 17.6 Å².